The van der Waals surface area contributed by atoms with Crippen molar-refractivity contribution in [1.29, 1.82) is 0 Å². The van der Waals surface area contributed by atoms with Crippen molar-refractivity contribution in [3.05, 3.63) is 12.2 Å². The number of carbonyl (C=O) groups is 1. The number of dihydropyridines is 1. The van der Waals surface area contributed by atoms with Gasteiger partial charge in [-0.25, -0.2) is 5.06 Å². The summed E-state index contributed by atoms with van der Waals surface area (Å²) in [7, 11) is 3.02. The fraction of sp³-hybridized carbons (Fsp3) is 0.500. The van der Waals surface area contributed by atoms with E-state index in [0.29, 0.717) is 6.54 Å². The molecule has 0 aliphatic carbocycles. The van der Waals surface area contributed by atoms with Crippen molar-refractivity contribution in [3.63, 3.8) is 0 Å². The van der Waals surface area contributed by atoms with Crippen molar-refractivity contribution in [2.45, 2.75) is 4.32 Å². The summed E-state index contributed by atoms with van der Waals surface area (Å²) >= 11 is 3.33. The van der Waals surface area contributed by atoms with E-state index in [1.54, 1.807) is 25.4 Å². The van der Waals surface area contributed by atoms with E-state index in [-0.39, 0.29) is 5.91 Å². The third kappa shape index (κ3) is 2.16. The molecule has 1 aliphatic rings. The van der Waals surface area contributed by atoms with Gasteiger partial charge in [-0.2, -0.15) is 0 Å². The molecule has 1 amide bonds. The molecule has 1 heterocycles. The first-order valence-corrected chi connectivity index (χ1v) is 4.58. The number of carbonyl (C=O) groups excluding carboxylic acids is 1. The molecule has 0 N–H and O–H groups in total. The molecule has 0 aromatic rings. The lowest BCUT2D eigenvalue weighted by Crippen LogP contribution is -2.44. The number of amides is 1. The van der Waals surface area contributed by atoms with Crippen LogP contribution in [0.25, 0.3) is 0 Å². The zero-order chi connectivity index (χ0) is 9.90. The Labute approximate surface area is 85.4 Å². The van der Waals surface area contributed by atoms with Crippen LogP contribution in [-0.4, -0.2) is 42.2 Å². The van der Waals surface area contributed by atoms with E-state index < -0.39 is 4.32 Å². The van der Waals surface area contributed by atoms with E-state index in [9.17, 15) is 4.79 Å². The molecule has 1 aliphatic heterocycles. The average Bonchev–Trinajstić information content (AvgIpc) is 2.16. The minimum absolute atomic E-state index is 0.164. The van der Waals surface area contributed by atoms with Crippen LogP contribution >= 0.6 is 15.9 Å². The van der Waals surface area contributed by atoms with E-state index in [1.807, 2.05) is 0 Å². The molecule has 72 valence electrons. The summed E-state index contributed by atoms with van der Waals surface area (Å²) in [6.07, 6.45) is 5.16. The van der Waals surface area contributed by atoms with Gasteiger partial charge in [0, 0.05) is 13.3 Å². The molecular formula is C8H11BrN2O2. The molecule has 0 saturated carbocycles. The summed E-state index contributed by atoms with van der Waals surface area (Å²) in [6.45, 7) is 0.399. The standard InChI is InChI=1S/C8H11BrN2O2/c1-11(13-2)7(12)8(9)4-3-5-10-6-8/h3-5H,6H2,1-2H3. The van der Waals surface area contributed by atoms with Gasteiger partial charge in [0.2, 0.25) is 0 Å². The van der Waals surface area contributed by atoms with Crippen molar-refractivity contribution in [3.8, 4) is 0 Å². The van der Waals surface area contributed by atoms with Crippen LogP contribution in [0, 0.1) is 0 Å². The van der Waals surface area contributed by atoms with Crippen LogP contribution in [0.3, 0.4) is 0 Å². The van der Waals surface area contributed by atoms with Gasteiger partial charge in [-0.15, -0.1) is 0 Å². The summed E-state index contributed by atoms with van der Waals surface area (Å²) in [5.41, 5.74) is 0. The predicted molar refractivity (Wildman–Crippen MR) is 53.9 cm³/mol. The highest BCUT2D eigenvalue weighted by atomic mass is 79.9. The maximum atomic E-state index is 11.7. The number of halogens is 1. The van der Waals surface area contributed by atoms with E-state index >= 15 is 0 Å². The Morgan fingerprint density at radius 1 is 1.77 bits per heavy atom. The van der Waals surface area contributed by atoms with Crippen molar-refractivity contribution in [1.82, 2.24) is 5.06 Å². The summed E-state index contributed by atoms with van der Waals surface area (Å²) < 4.78 is -0.744. The van der Waals surface area contributed by atoms with Crippen molar-refractivity contribution in [2.75, 3.05) is 20.7 Å². The second kappa shape index (κ2) is 4.02. The third-order valence-corrected chi connectivity index (χ3v) is 2.64. The van der Waals surface area contributed by atoms with Gasteiger partial charge in [-0.05, 0) is 6.08 Å². The van der Waals surface area contributed by atoms with Crippen LogP contribution in [0.2, 0.25) is 0 Å². The van der Waals surface area contributed by atoms with E-state index in [2.05, 4.69) is 20.9 Å². The minimum Gasteiger partial charge on any atom is -0.291 e. The highest BCUT2D eigenvalue weighted by molar-refractivity contribution is 9.10. The number of hydrogen-bond donors (Lipinski definition) is 0. The van der Waals surface area contributed by atoms with Crippen LogP contribution < -0.4 is 0 Å². The van der Waals surface area contributed by atoms with Crippen LogP contribution in [0.15, 0.2) is 17.1 Å². The molecule has 5 heteroatoms. The number of rotatable bonds is 2. The molecule has 0 bridgehead atoms. The molecule has 1 unspecified atom stereocenters. The van der Waals surface area contributed by atoms with E-state index in [4.69, 9.17) is 4.84 Å². The number of allylic oxidation sites excluding steroid dienone is 1. The Bertz CT molecular complexity index is 265. The smallest absolute Gasteiger partial charge is 0.268 e. The van der Waals surface area contributed by atoms with Crippen LogP contribution in [0.5, 0.6) is 0 Å². The minimum atomic E-state index is -0.744. The van der Waals surface area contributed by atoms with Crippen LogP contribution in [0.4, 0.5) is 0 Å². The first kappa shape index (κ1) is 10.4. The number of aliphatic imine (C=N–C) groups is 1. The number of alkyl halides is 1. The first-order chi connectivity index (χ1) is 6.10. The topological polar surface area (TPSA) is 41.9 Å². The van der Waals surface area contributed by atoms with Gasteiger partial charge >= 0.3 is 0 Å². The Balaban J connectivity index is 2.75. The molecule has 1 atom stereocenters. The summed E-state index contributed by atoms with van der Waals surface area (Å²) in [5, 5.41) is 1.18. The second-order valence-electron chi connectivity index (χ2n) is 2.70. The molecular weight excluding hydrogens is 236 g/mol. The molecule has 0 radical (unpaired) electrons. The molecule has 0 saturated heterocycles. The molecule has 13 heavy (non-hydrogen) atoms. The molecule has 4 nitrogen and oxygen atoms in total. The number of hydrogen-bond acceptors (Lipinski definition) is 3. The second-order valence-corrected chi connectivity index (χ2v) is 4.11. The van der Waals surface area contributed by atoms with Crippen LogP contribution in [0.1, 0.15) is 0 Å². The lowest BCUT2D eigenvalue weighted by atomic mass is 10.1. The normalized spacial score (nSPS) is 26.1. The number of nitrogens with zero attached hydrogens (tertiary/aromatic N) is 2. The molecule has 0 spiro atoms. The highest BCUT2D eigenvalue weighted by Gasteiger charge is 2.36. The summed E-state index contributed by atoms with van der Waals surface area (Å²) in [5.74, 6) is -0.164. The number of hydroxylamine groups is 2. The Kier molecular flexibility index (Phi) is 3.22. The molecule has 0 aromatic heterocycles. The van der Waals surface area contributed by atoms with E-state index in [1.165, 1.54) is 12.2 Å². The fourth-order valence-corrected chi connectivity index (χ4v) is 1.53. The summed E-state index contributed by atoms with van der Waals surface area (Å²) in [4.78, 5) is 20.5. The maximum absolute atomic E-state index is 11.7. The first-order valence-electron chi connectivity index (χ1n) is 3.79. The van der Waals surface area contributed by atoms with Gasteiger partial charge in [0.25, 0.3) is 5.91 Å². The fourth-order valence-electron chi connectivity index (χ4n) is 0.978. The van der Waals surface area contributed by atoms with Gasteiger partial charge < -0.3 is 0 Å². The zero-order valence-corrected chi connectivity index (χ0v) is 9.11. The lowest BCUT2D eigenvalue weighted by molar-refractivity contribution is -0.169. The van der Waals surface area contributed by atoms with Crippen LogP contribution in [-0.2, 0) is 9.63 Å². The molecule has 0 aromatic carbocycles. The van der Waals surface area contributed by atoms with Gasteiger partial charge in [0.1, 0.15) is 4.32 Å². The predicted octanol–water partition coefficient (Wildman–Crippen LogP) is 0.780. The Morgan fingerprint density at radius 3 is 2.92 bits per heavy atom. The quantitative estimate of drug-likeness (QED) is 0.534. The van der Waals surface area contributed by atoms with Crippen molar-refractivity contribution in [2.24, 2.45) is 4.99 Å². The highest BCUT2D eigenvalue weighted by Crippen LogP contribution is 2.24. The maximum Gasteiger partial charge on any atom is 0.268 e. The Hall–Kier alpha value is -0.680. The third-order valence-electron chi connectivity index (χ3n) is 1.79. The Morgan fingerprint density at radius 2 is 2.46 bits per heavy atom. The van der Waals surface area contributed by atoms with E-state index in [0.717, 1.165) is 0 Å². The molecule has 1 rings (SSSR count). The average molecular weight is 247 g/mol. The van der Waals surface area contributed by atoms with Crippen molar-refractivity contribution < 1.29 is 9.63 Å². The molecule has 0 fully saturated rings. The largest absolute Gasteiger partial charge is 0.291 e. The van der Waals surface area contributed by atoms with Crippen molar-refractivity contribution >= 4 is 28.1 Å². The van der Waals surface area contributed by atoms with Gasteiger partial charge in [-0.1, -0.05) is 22.0 Å². The zero-order valence-electron chi connectivity index (χ0n) is 7.53. The monoisotopic (exact) mass is 246 g/mol. The van der Waals surface area contributed by atoms with Gasteiger partial charge in [0.05, 0.1) is 13.7 Å². The van der Waals surface area contributed by atoms with Gasteiger partial charge in [-0.3, -0.25) is 14.6 Å². The lowest BCUT2D eigenvalue weighted by Gasteiger charge is -2.26. The van der Waals surface area contributed by atoms with Gasteiger partial charge in [0.15, 0.2) is 0 Å². The SMILES string of the molecule is CON(C)C(=O)C1(Br)C=CC=NC1. The summed E-state index contributed by atoms with van der Waals surface area (Å²) in [6, 6.07) is 0.